The van der Waals surface area contributed by atoms with Gasteiger partial charge in [-0.1, -0.05) is 18.5 Å². The second-order valence-corrected chi connectivity index (χ2v) is 4.87. The van der Waals surface area contributed by atoms with Crippen molar-refractivity contribution < 1.29 is 9.90 Å². The number of carboxylic acid groups (broad SMARTS) is 1. The molecule has 5 nitrogen and oxygen atoms in total. The Kier molecular flexibility index (Phi) is 4.29. The van der Waals surface area contributed by atoms with Gasteiger partial charge in [0.2, 0.25) is 0 Å². The number of aromatic amines is 1. The molecular formula is C14H15ClN2O3. The van der Waals surface area contributed by atoms with Crippen molar-refractivity contribution in [1.29, 1.82) is 0 Å². The molecule has 0 unspecified atom stereocenters. The Morgan fingerprint density at radius 3 is 2.55 bits per heavy atom. The Morgan fingerprint density at radius 1 is 1.35 bits per heavy atom. The van der Waals surface area contributed by atoms with Gasteiger partial charge in [-0.3, -0.25) is 14.7 Å². The van der Waals surface area contributed by atoms with Crippen LogP contribution in [0.25, 0.3) is 5.69 Å². The van der Waals surface area contributed by atoms with Crippen molar-refractivity contribution in [2.24, 2.45) is 0 Å². The molecular weight excluding hydrogens is 280 g/mol. The number of carboxylic acids is 1. The first-order chi connectivity index (χ1) is 9.52. The van der Waals surface area contributed by atoms with Crippen LogP contribution in [0.4, 0.5) is 0 Å². The number of benzene rings is 1. The third-order valence-corrected chi connectivity index (χ3v) is 3.35. The molecule has 0 aliphatic rings. The predicted molar refractivity (Wildman–Crippen MR) is 76.7 cm³/mol. The quantitative estimate of drug-likeness (QED) is 0.889. The Labute approximate surface area is 120 Å². The third kappa shape index (κ3) is 2.93. The predicted octanol–water partition coefficient (Wildman–Crippen LogP) is 2.40. The highest BCUT2D eigenvalue weighted by Crippen LogP contribution is 2.13. The van der Waals surface area contributed by atoms with E-state index in [0.717, 1.165) is 5.69 Å². The van der Waals surface area contributed by atoms with E-state index in [2.05, 4.69) is 5.10 Å². The van der Waals surface area contributed by atoms with Crippen molar-refractivity contribution in [1.82, 2.24) is 9.78 Å². The fourth-order valence-corrected chi connectivity index (χ4v) is 2.20. The van der Waals surface area contributed by atoms with Gasteiger partial charge < -0.3 is 5.11 Å². The molecule has 0 spiro atoms. The molecule has 0 amide bonds. The summed E-state index contributed by atoms with van der Waals surface area (Å²) in [5.74, 6) is -0.911. The monoisotopic (exact) mass is 294 g/mol. The normalized spacial score (nSPS) is 10.7. The van der Waals surface area contributed by atoms with Gasteiger partial charge in [-0.15, -0.1) is 0 Å². The van der Waals surface area contributed by atoms with Crippen LogP contribution in [-0.4, -0.2) is 20.9 Å². The molecule has 20 heavy (non-hydrogen) atoms. The minimum absolute atomic E-state index is 0.0549. The van der Waals surface area contributed by atoms with E-state index >= 15 is 0 Å². The number of nitrogens with one attached hydrogen (secondary N) is 1. The summed E-state index contributed by atoms with van der Waals surface area (Å²) in [6.07, 6.45) is 0.819. The number of rotatable bonds is 5. The maximum atomic E-state index is 12.4. The maximum absolute atomic E-state index is 12.4. The summed E-state index contributed by atoms with van der Waals surface area (Å²) in [4.78, 5) is 23.0. The van der Waals surface area contributed by atoms with Crippen LogP contribution in [0.2, 0.25) is 5.02 Å². The van der Waals surface area contributed by atoms with E-state index in [1.165, 1.54) is 4.68 Å². The van der Waals surface area contributed by atoms with Gasteiger partial charge >= 0.3 is 5.97 Å². The van der Waals surface area contributed by atoms with E-state index in [9.17, 15) is 9.59 Å². The molecule has 0 atom stereocenters. The summed E-state index contributed by atoms with van der Waals surface area (Å²) >= 11 is 5.82. The Hall–Kier alpha value is -2.01. The molecule has 1 aromatic heterocycles. The van der Waals surface area contributed by atoms with Gasteiger partial charge in [0.25, 0.3) is 5.56 Å². The SMILES string of the molecule is CCc1[nH]n(-c2ccc(Cl)cc2)c(=O)c1CCC(=O)O. The summed E-state index contributed by atoms with van der Waals surface area (Å²) in [7, 11) is 0. The zero-order valence-corrected chi connectivity index (χ0v) is 11.8. The molecule has 0 saturated heterocycles. The molecule has 2 rings (SSSR count). The number of nitrogens with zero attached hydrogens (tertiary/aromatic N) is 1. The number of carbonyl (C=O) groups is 1. The van der Waals surface area contributed by atoms with E-state index < -0.39 is 5.97 Å². The summed E-state index contributed by atoms with van der Waals surface area (Å²) in [5.41, 5.74) is 1.78. The smallest absolute Gasteiger partial charge is 0.303 e. The molecule has 0 radical (unpaired) electrons. The lowest BCUT2D eigenvalue weighted by atomic mass is 10.1. The number of H-pyrrole nitrogens is 1. The summed E-state index contributed by atoms with van der Waals surface area (Å²) in [6.45, 7) is 1.92. The van der Waals surface area contributed by atoms with Crippen molar-refractivity contribution in [3.05, 3.63) is 50.9 Å². The van der Waals surface area contributed by atoms with Crippen molar-refractivity contribution in [2.45, 2.75) is 26.2 Å². The van der Waals surface area contributed by atoms with E-state index in [1.807, 2.05) is 6.92 Å². The largest absolute Gasteiger partial charge is 0.481 e. The molecule has 0 bridgehead atoms. The lowest BCUT2D eigenvalue weighted by Crippen LogP contribution is -2.18. The van der Waals surface area contributed by atoms with Crippen molar-refractivity contribution >= 4 is 17.6 Å². The lowest BCUT2D eigenvalue weighted by molar-refractivity contribution is -0.136. The molecule has 2 N–H and O–H groups in total. The molecule has 106 valence electrons. The summed E-state index contributed by atoms with van der Waals surface area (Å²) in [6, 6.07) is 6.88. The summed E-state index contributed by atoms with van der Waals surface area (Å²) in [5, 5.41) is 12.4. The first-order valence-electron chi connectivity index (χ1n) is 6.33. The highest BCUT2D eigenvalue weighted by Gasteiger charge is 2.15. The molecule has 2 aromatic rings. The molecule has 0 aliphatic heterocycles. The zero-order chi connectivity index (χ0) is 14.7. The average Bonchev–Trinajstić information content (AvgIpc) is 2.74. The van der Waals surface area contributed by atoms with E-state index in [1.54, 1.807) is 24.3 Å². The zero-order valence-electron chi connectivity index (χ0n) is 11.0. The van der Waals surface area contributed by atoms with Crippen LogP contribution >= 0.6 is 11.6 Å². The minimum Gasteiger partial charge on any atom is -0.481 e. The third-order valence-electron chi connectivity index (χ3n) is 3.10. The van der Waals surface area contributed by atoms with Crippen LogP contribution in [0.3, 0.4) is 0 Å². The van der Waals surface area contributed by atoms with Gasteiger partial charge in [0.1, 0.15) is 0 Å². The Balaban J connectivity index is 2.42. The van der Waals surface area contributed by atoms with Crippen molar-refractivity contribution in [3.63, 3.8) is 0 Å². The van der Waals surface area contributed by atoms with E-state index in [-0.39, 0.29) is 18.4 Å². The lowest BCUT2D eigenvalue weighted by Gasteiger charge is -2.01. The van der Waals surface area contributed by atoms with E-state index in [0.29, 0.717) is 22.7 Å². The van der Waals surface area contributed by atoms with Crippen LogP contribution in [0.15, 0.2) is 29.1 Å². The standard InChI is InChI=1S/C14H15ClN2O3/c1-2-12-11(7-8-13(18)19)14(20)17(16-12)10-5-3-9(15)4-6-10/h3-6,16H,2,7-8H2,1H3,(H,18,19). The molecule has 1 heterocycles. The molecule has 0 fully saturated rings. The molecule has 0 aliphatic carbocycles. The van der Waals surface area contributed by atoms with Crippen molar-refractivity contribution in [3.8, 4) is 5.69 Å². The second kappa shape index (κ2) is 5.96. The average molecular weight is 295 g/mol. The fourth-order valence-electron chi connectivity index (χ4n) is 2.07. The second-order valence-electron chi connectivity index (χ2n) is 4.43. The van der Waals surface area contributed by atoms with Gasteiger partial charge in [0.15, 0.2) is 0 Å². The van der Waals surface area contributed by atoms with Crippen molar-refractivity contribution in [2.75, 3.05) is 0 Å². The fraction of sp³-hybridized carbons (Fsp3) is 0.286. The van der Waals surface area contributed by atoms with Gasteiger partial charge in [-0.25, -0.2) is 4.68 Å². The molecule has 6 heteroatoms. The number of aryl methyl sites for hydroxylation is 1. The molecule has 1 aromatic carbocycles. The number of aromatic nitrogens is 2. The summed E-state index contributed by atoms with van der Waals surface area (Å²) < 4.78 is 1.42. The number of halogens is 1. The van der Waals surface area contributed by atoms with Crippen LogP contribution in [0.5, 0.6) is 0 Å². The van der Waals surface area contributed by atoms with Crippen LogP contribution < -0.4 is 5.56 Å². The number of hydrogen-bond donors (Lipinski definition) is 2. The Bertz CT molecular complexity index is 671. The highest BCUT2D eigenvalue weighted by molar-refractivity contribution is 6.30. The van der Waals surface area contributed by atoms with Gasteiger partial charge in [-0.05, 0) is 37.1 Å². The molecule has 0 saturated carbocycles. The first kappa shape index (κ1) is 14.4. The first-order valence-corrected chi connectivity index (χ1v) is 6.71. The van der Waals surface area contributed by atoms with Crippen LogP contribution in [0, 0.1) is 0 Å². The van der Waals surface area contributed by atoms with Gasteiger partial charge in [-0.2, -0.15) is 0 Å². The topological polar surface area (TPSA) is 75.1 Å². The number of hydrogen-bond acceptors (Lipinski definition) is 2. The van der Waals surface area contributed by atoms with Crippen LogP contribution in [0.1, 0.15) is 24.6 Å². The number of aliphatic carboxylic acids is 1. The van der Waals surface area contributed by atoms with Crippen LogP contribution in [-0.2, 0) is 17.6 Å². The maximum Gasteiger partial charge on any atom is 0.303 e. The Morgan fingerprint density at radius 2 is 2.00 bits per heavy atom. The minimum atomic E-state index is -0.911. The highest BCUT2D eigenvalue weighted by atomic mass is 35.5. The van der Waals surface area contributed by atoms with Gasteiger partial charge in [0.05, 0.1) is 5.69 Å². The van der Waals surface area contributed by atoms with Gasteiger partial charge in [0, 0.05) is 22.7 Å². The van der Waals surface area contributed by atoms with E-state index in [4.69, 9.17) is 16.7 Å².